The first kappa shape index (κ1) is 51.1. The Labute approximate surface area is 426 Å². The molecule has 4 fully saturated rings. The van der Waals surface area contributed by atoms with Crippen molar-refractivity contribution in [2.45, 2.75) is 71.8 Å². The first-order valence-electron chi connectivity index (χ1n) is 24.5. The molecule has 4 saturated heterocycles. The molecule has 0 spiro atoms. The topological polar surface area (TPSA) is 165 Å². The van der Waals surface area contributed by atoms with Gasteiger partial charge in [-0.25, -0.2) is 18.2 Å². The van der Waals surface area contributed by atoms with Gasteiger partial charge in [-0.3, -0.25) is 29.6 Å². The molecule has 5 aromatic rings. The Hall–Kier alpha value is -5.78. The minimum absolute atomic E-state index is 0.0151. The number of carbonyl (C=O) groups is 3. The Morgan fingerprint density at radius 3 is 2.28 bits per heavy atom. The second-order valence-corrected chi connectivity index (χ2v) is 24.4. The van der Waals surface area contributed by atoms with Gasteiger partial charge < -0.3 is 34.6 Å². The van der Waals surface area contributed by atoms with Crippen LogP contribution in [-0.4, -0.2) is 121 Å². The molecule has 2 unspecified atom stereocenters. The minimum Gasteiger partial charge on any atom is -0.494 e. The molecule has 3 amide bonds. The summed E-state index contributed by atoms with van der Waals surface area (Å²) in [7, 11) is -1.31. The molecule has 2 aromatic heterocycles. The average molecular weight is 1070 g/mol. The standard InChI is InChI=1S/C52H61BrF3N10O5P/c1-8-30-21-42(60-51-57-26-36(53)48(62-51)59-41-11-10-40-34(47(41)72(6,7)70)24-37(54)29(2)58-40)44(71-5)25-43(30)64-15-13-31(14-16-64)63-17-19-65(20-18-63)50(69)35-27-66(28-52(35,3)4)32-22-38(55)46(39(56)23-32)33-9-12-45(67)61-49(33)68/h10-11,21-26,31,33,35H,8-9,12-20,27-28H2,1-7H3,(H,61,67,68)(H2,57,59,60,62). The fourth-order valence-electron chi connectivity index (χ4n) is 11.0. The van der Waals surface area contributed by atoms with Crippen LogP contribution in [0.3, 0.4) is 0 Å². The fraction of sp³-hybridized carbons (Fsp3) is 0.462. The summed E-state index contributed by atoms with van der Waals surface area (Å²) in [4.78, 5) is 60.7. The van der Waals surface area contributed by atoms with Crippen LogP contribution in [0.15, 0.2) is 53.1 Å². The Bertz CT molecular complexity index is 2990. The third kappa shape index (κ3) is 10.3. The van der Waals surface area contributed by atoms with Crippen molar-refractivity contribution in [3.05, 3.63) is 87.4 Å². The number of carbonyl (C=O) groups excluding carboxylic acids is 3. The van der Waals surface area contributed by atoms with Gasteiger partial charge in [-0.2, -0.15) is 4.98 Å². The number of anilines is 6. The smallest absolute Gasteiger partial charge is 0.234 e. The number of piperidine rings is 2. The number of pyridine rings is 1. The molecule has 0 radical (unpaired) electrons. The number of hydrogen-bond donors (Lipinski definition) is 3. The van der Waals surface area contributed by atoms with Crippen LogP contribution in [0, 0.1) is 35.7 Å². The summed E-state index contributed by atoms with van der Waals surface area (Å²) in [5.41, 5.74) is 3.81. The summed E-state index contributed by atoms with van der Waals surface area (Å²) < 4.78 is 65.9. The Morgan fingerprint density at radius 1 is 0.917 bits per heavy atom. The molecule has 4 aliphatic heterocycles. The number of fused-ring (bicyclic) bond motifs is 1. The van der Waals surface area contributed by atoms with E-state index in [0.29, 0.717) is 87.5 Å². The third-order valence-corrected chi connectivity index (χ3v) is 17.0. The summed E-state index contributed by atoms with van der Waals surface area (Å²) in [5.74, 6) is -3.35. The maximum Gasteiger partial charge on any atom is 0.234 e. The summed E-state index contributed by atoms with van der Waals surface area (Å²) >= 11 is 3.56. The molecule has 382 valence electrons. The van der Waals surface area contributed by atoms with Crippen molar-refractivity contribution in [1.29, 1.82) is 0 Å². The van der Waals surface area contributed by atoms with Crippen LogP contribution >= 0.6 is 23.1 Å². The maximum absolute atomic E-state index is 15.5. The number of piperazine rings is 1. The van der Waals surface area contributed by atoms with Gasteiger partial charge in [-0.05, 0) is 109 Å². The molecule has 3 aromatic carbocycles. The van der Waals surface area contributed by atoms with Crippen molar-refractivity contribution in [2.24, 2.45) is 11.3 Å². The number of rotatable bonds is 12. The first-order valence-corrected chi connectivity index (χ1v) is 27.9. The number of halogens is 4. The van der Waals surface area contributed by atoms with E-state index in [-0.39, 0.29) is 35.9 Å². The molecule has 72 heavy (non-hydrogen) atoms. The van der Waals surface area contributed by atoms with Crippen molar-refractivity contribution in [1.82, 2.24) is 30.1 Å². The van der Waals surface area contributed by atoms with E-state index < -0.39 is 47.7 Å². The molecular formula is C52H61BrF3N10O5P. The largest absolute Gasteiger partial charge is 0.494 e. The van der Waals surface area contributed by atoms with Gasteiger partial charge in [0, 0.05) is 105 Å². The predicted molar refractivity (Wildman–Crippen MR) is 279 cm³/mol. The Morgan fingerprint density at radius 2 is 1.62 bits per heavy atom. The second kappa shape index (κ2) is 20.3. The number of benzene rings is 3. The van der Waals surface area contributed by atoms with Crippen molar-refractivity contribution in [2.75, 3.05) is 93.2 Å². The highest BCUT2D eigenvalue weighted by atomic mass is 79.9. The molecule has 4 aliphatic rings. The molecule has 0 saturated carbocycles. The van der Waals surface area contributed by atoms with E-state index in [1.54, 1.807) is 45.7 Å². The zero-order valence-electron chi connectivity index (χ0n) is 41.7. The monoisotopic (exact) mass is 1070 g/mol. The number of aryl methyl sites for hydroxylation is 2. The molecule has 0 aliphatic carbocycles. The summed E-state index contributed by atoms with van der Waals surface area (Å²) in [6.45, 7) is 16.2. The highest BCUT2D eigenvalue weighted by Crippen LogP contribution is 2.44. The van der Waals surface area contributed by atoms with Crippen molar-refractivity contribution >= 4 is 91.5 Å². The Balaban J connectivity index is 0.815. The Kier molecular flexibility index (Phi) is 14.4. The molecule has 2 atom stereocenters. The molecule has 15 nitrogen and oxygen atoms in total. The van der Waals surface area contributed by atoms with Gasteiger partial charge in [-0.1, -0.05) is 20.8 Å². The van der Waals surface area contributed by atoms with E-state index >= 15 is 8.78 Å². The van der Waals surface area contributed by atoms with Crippen molar-refractivity contribution in [3.63, 3.8) is 0 Å². The van der Waals surface area contributed by atoms with Crippen LogP contribution in [-0.2, 0) is 25.4 Å². The lowest BCUT2D eigenvalue weighted by molar-refractivity contribution is -0.140. The van der Waals surface area contributed by atoms with Crippen LogP contribution in [0.5, 0.6) is 5.75 Å². The molecule has 9 rings (SSSR count). The summed E-state index contributed by atoms with van der Waals surface area (Å²) in [5, 5.41) is 9.81. The molecule has 20 heteroatoms. The number of imide groups is 1. The van der Waals surface area contributed by atoms with Crippen molar-refractivity contribution in [3.8, 4) is 5.75 Å². The first-order chi connectivity index (χ1) is 34.2. The summed E-state index contributed by atoms with van der Waals surface area (Å²) in [6.07, 6.45) is 4.36. The number of amides is 3. The number of hydrogen-bond acceptors (Lipinski definition) is 13. The van der Waals surface area contributed by atoms with Crippen LogP contribution in [0.4, 0.5) is 47.7 Å². The van der Waals surface area contributed by atoms with Gasteiger partial charge in [0.2, 0.25) is 23.7 Å². The maximum atomic E-state index is 15.5. The lowest BCUT2D eigenvalue weighted by atomic mass is 9.81. The quantitative estimate of drug-likeness (QED) is 0.0805. The van der Waals surface area contributed by atoms with Gasteiger partial charge in [0.25, 0.3) is 0 Å². The van der Waals surface area contributed by atoms with E-state index in [1.165, 1.54) is 18.2 Å². The van der Waals surface area contributed by atoms with Gasteiger partial charge in [-0.15, -0.1) is 0 Å². The fourth-order valence-corrected chi connectivity index (χ4v) is 12.8. The van der Waals surface area contributed by atoms with E-state index in [1.807, 2.05) is 23.6 Å². The third-order valence-electron chi connectivity index (χ3n) is 14.9. The number of aromatic nitrogens is 3. The minimum atomic E-state index is -2.94. The van der Waals surface area contributed by atoms with Crippen LogP contribution in [0.2, 0.25) is 0 Å². The van der Waals surface area contributed by atoms with Gasteiger partial charge in [0.1, 0.15) is 36.2 Å². The molecule has 6 heterocycles. The lowest BCUT2D eigenvalue weighted by Crippen LogP contribution is -2.56. The number of nitrogens with zero attached hydrogens (tertiary/aromatic N) is 7. The number of ether oxygens (including phenoxy) is 1. The van der Waals surface area contributed by atoms with Gasteiger partial charge in [0.15, 0.2) is 0 Å². The van der Waals surface area contributed by atoms with Crippen molar-refractivity contribution < 1.29 is 36.9 Å². The van der Waals surface area contributed by atoms with Gasteiger partial charge in [0.05, 0.1) is 46.0 Å². The number of methoxy groups -OCH3 is 1. The van der Waals surface area contributed by atoms with E-state index in [0.717, 1.165) is 56.7 Å². The summed E-state index contributed by atoms with van der Waals surface area (Å²) in [6, 6.07) is 11.9. The SMILES string of the molecule is CCc1cc(Nc2ncc(Br)c(Nc3ccc4nc(C)c(F)cc4c3P(C)(C)=O)n2)c(OC)cc1N1CCC(N2CCN(C(=O)C3CN(c4cc(F)c(C5CCC(=O)NC5=O)c(F)c4)CC3(C)C)CC2)CC1. The van der Waals surface area contributed by atoms with Crippen LogP contribution in [0.1, 0.15) is 69.2 Å². The average Bonchev–Trinajstić information content (AvgIpc) is 3.67. The normalized spacial score (nSPS) is 20.0. The zero-order valence-corrected chi connectivity index (χ0v) is 44.2. The predicted octanol–water partition coefficient (Wildman–Crippen LogP) is 8.62. The van der Waals surface area contributed by atoms with E-state index in [2.05, 4.69) is 70.7 Å². The zero-order chi connectivity index (χ0) is 51.4. The van der Waals surface area contributed by atoms with Crippen LogP contribution < -0.4 is 35.8 Å². The van der Waals surface area contributed by atoms with Crippen LogP contribution in [0.25, 0.3) is 10.9 Å². The highest BCUT2D eigenvalue weighted by molar-refractivity contribution is 9.10. The van der Waals surface area contributed by atoms with Gasteiger partial charge >= 0.3 is 0 Å². The molecular weight excluding hydrogens is 1010 g/mol. The van der Waals surface area contributed by atoms with E-state index in [4.69, 9.17) is 9.72 Å². The lowest BCUT2D eigenvalue weighted by Gasteiger charge is -2.44. The second-order valence-electron chi connectivity index (χ2n) is 20.4. The number of nitrogens with one attached hydrogen (secondary N) is 3. The molecule has 3 N–H and O–H groups in total. The highest BCUT2D eigenvalue weighted by Gasteiger charge is 2.46. The molecule has 0 bridgehead atoms. The van der Waals surface area contributed by atoms with E-state index in [9.17, 15) is 23.3 Å².